The largest absolute Gasteiger partial charge is 0.298 e. The highest BCUT2D eigenvalue weighted by molar-refractivity contribution is 9.09. The van der Waals surface area contributed by atoms with Crippen LogP contribution < -0.4 is 0 Å². The zero-order chi connectivity index (χ0) is 14.6. The molecule has 2 rings (SSSR count). The SMILES string of the molecule is Cc1ccc(S(=O)(=O)OC(Br)Cc2ccccc2)cc1. The van der Waals surface area contributed by atoms with Crippen LogP contribution in [0.15, 0.2) is 59.5 Å². The fourth-order valence-electron chi connectivity index (χ4n) is 1.73. The molecule has 0 fully saturated rings. The van der Waals surface area contributed by atoms with Crippen LogP contribution in [0.25, 0.3) is 0 Å². The van der Waals surface area contributed by atoms with E-state index in [9.17, 15) is 8.42 Å². The van der Waals surface area contributed by atoms with E-state index in [0.29, 0.717) is 6.42 Å². The highest BCUT2D eigenvalue weighted by Crippen LogP contribution is 2.19. The van der Waals surface area contributed by atoms with Crippen molar-refractivity contribution in [3.05, 3.63) is 65.7 Å². The van der Waals surface area contributed by atoms with Crippen molar-refractivity contribution < 1.29 is 12.6 Å². The molecule has 0 aliphatic rings. The first-order valence-corrected chi connectivity index (χ1v) is 8.48. The van der Waals surface area contributed by atoms with Gasteiger partial charge in [-0.15, -0.1) is 0 Å². The second-order valence-corrected chi connectivity index (χ2v) is 7.06. The number of halogens is 1. The van der Waals surface area contributed by atoms with Gasteiger partial charge >= 0.3 is 0 Å². The molecule has 5 heteroatoms. The van der Waals surface area contributed by atoms with Crippen LogP contribution in [0.5, 0.6) is 0 Å². The summed E-state index contributed by atoms with van der Waals surface area (Å²) in [5, 5.41) is -0.587. The quantitative estimate of drug-likeness (QED) is 0.607. The second kappa shape index (κ2) is 6.52. The number of alkyl halides is 1. The first-order chi connectivity index (χ1) is 9.47. The highest BCUT2D eigenvalue weighted by Gasteiger charge is 2.20. The zero-order valence-electron chi connectivity index (χ0n) is 11.0. The summed E-state index contributed by atoms with van der Waals surface area (Å²) in [5.41, 5.74) is 2.01. The van der Waals surface area contributed by atoms with Gasteiger partial charge in [0.25, 0.3) is 10.1 Å². The summed E-state index contributed by atoms with van der Waals surface area (Å²) in [6.45, 7) is 1.90. The van der Waals surface area contributed by atoms with Crippen LogP contribution in [0.3, 0.4) is 0 Å². The number of benzene rings is 2. The summed E-state index contributed by atoms with van der Waals surface area (Å²) in [5.74, 6) is 0. The summed E-state index contributed by atoms with van der Waals surface area (Å²) in [6, 6.07) is 16.2. The Labute approximate surface area is 127 Å². The minimum absolute atomic E-state index is 0.167. The maximum absolute atomic E-state index is 12.1. The molecule has 3 nitrogen and oxygen atoms in total. The highest BCUT2D eigenvalue weighted by atomic mass is 79.9. The van der Waals surface area contributed by atoms with Crippen LogP contribution in [0, 0.1) is 6.92 Å². The van der Waals surface area contributed by atoms with Gasteiger partial charge in [-0.05, 0) is 24.6 Å². The fourth-order valence-corrected chi connectivity index (χ4v) is 3.63. The lowest BCUT2D eigenvalue weighted by Crippen LogP contribution is -2.15. The Morgan fingerprint density at radius 3 is 2.25 bits per heavy atom. The molecule has 0 bridgehead atoms. The molecule has 0 saturated heterocycles. The number of rotatable bonds is 5. The minimum Gasteiger partial charge on any atom is -0.251 e. The minimum atomic E-state index is -3.74. The monoisotopic (exact) mass is 354 g/mol. The average Bonchev–Trinajstić information content (AvgIpc) is 2.39. The molecule has 0 saturated carbocycles. The Morgan fingerprint density at radius 2 is 1.65 bits per heavy atom. The molecule has 0 spiro atoms. The number of hydrogen-bond acceptors (Lipinski definition) is 3. The lowest BCUT2D eigenvalue weighted by Gasteiger charge is -2.12. The van der Waals surface area contributed by atoms with Crippen LogP contribution in [-0.4, -0.2) is 13.4 Å². The number of hydrogen-bond donors (Lipinski definition) is 0. The molecule has 0 aliphatic heterocycles. The molecule has 1 unspecified atom stereocenters. The van der Waals surface area contributed by atoms with E-state index >= 15 is 0 Å². The molecule has 0 aromatic heterocycles. The summed E-state index contributed by atoms with van der Waals surface area (Å²) in [4.78, 5) is 0.167. The summed E-state index contributed by atoms with van der Waals surface area (Å²) in [6.07, 6.45) is 0.478. The molecule has 20 heavy (non-hydrogen) atoms. The Bertz CT molecular complexity index is 651. The van der Waals surface area contributed by atoms with Crippen molar-refractivity contribution in [3.8, 4) is 0 Å². The van der Waals surface area contributed by atoms with E-state index in [2.05, 4.69) is 15.9 Å². The van der Waals surface area contributed by atoms with Crippen molar-refractivity contribution in [1.82, 2.24) is 0 Å². The summed E-state index contributed by atoms with van der Waals surface area (Å²) in [7, 11) is -3.74. The van der Waals surface area contributed by atoms with E-state index in [0.717, 1.165) is 11.1 Å². The third kappa shape index (κ3) is 4.16. The first kappa shape index (κ1) is 15.2. The van der Waals surface area contributed by atoms with Crippen LogP contribution in [0.4, 0.5) is 0 Å². The van der Waals surface area contributed by atoms with Gasteiger partial charge in [-0.2, -0.15) is 8.42 Å². The van der Waals surface area contributed by atoms with Gasteiger partial charge < -0.3 is 0 Å². The lowest BCUT2D eigenvalue weighted by molar-refractivity contribution is 0.298. The average molecular weight is 355 g/mol. The van der Waals surface area contributed by atoms with Gasteiger partial charge in [0.2, 0.25) is 0 Å². The molecule has 0 N–H and O–H groups in total. The predicted molar refractivity (Wildman–Crippen MR) is 82.3 cm³/mol. The Kier molecular flexibility index (Phi) is 4.96. The van der Waals surface area contributed by atoms with Gasteiger partial charge in [-0.3, -0.25) is 4.18 Å². The van der Waals surface area contributed by atoms with E-state index in [4.69, 9.17) is 4.18 Å². The van der Waals surface area contributed by atoms with E-state index in [-0.39, 0.29) is 4.90 Å². The number of aryl methyl sites for hydroxylation is 1. The molecular weight excluding hydrogens is 340 g/mol. The third-order valence-electron chi connectivity index (χ3n) is 2.78. The van der Waals surface area contributed by atoms with Crippen molar-refractivity contribution in [1.29, 1.82) is 0 Å². The van der Waals surface area contributed by atoms with Crippen LogP contribution >= 0.6 is 15.9 Å². The lowest BCUT2D eigenvalue weighted by atomic mass is 10.2. The van der Waals surface area contributed by atoms with Gasteiger partial charge in [0, 0.05) is 6.42 Å². The molecular formula is C15H15BrO3S. The van der Waals surface area contributed by atoms with Crippen molar-refractivity contribution in [2.24, 2.45) is 0 Å². The topological polar surface area (TPSA) is 43.4 Å². The fraction of sp³-hybridized carbons (Fsp3) is 0.200. The van der Waals surface area contributed by atoms with Gasteiger partial charge in [-0.1, -0.05) is 64.0 Å². The maximum atomic E-state index is 12.1. The Morgan fingerprint density at radius 1 is 1.05 bits per heavy atom. The molecule has 0 radical (unpaired) electrons. The Balaban J connectivity index is 2.06. The van der Waals surface area contributed by atoms with Crippen molar-refractivity contribution in [3.63, 3.8) is 0 Å². The van der Waals surface area contributed by atoms with Crippen molar-refractivity contribution in [2.75, 3.05) is 0 Å². The normalized spacial score (nSPS) is 13.1. The Hall–Kier alpha value is -1.17. The molecule has 2 aromatic carbocycles. The maximum Gasteiger partial charge on any atom is 0.298 e. The van der Waals surface area contributed by atoms with Gasteiger partial charge in [0.05, 0.1) is 4.90 Å². The van der Waals surface area contributed by atoms with Crippen molar-refractivity contribution in [2.45, 2.75) is 23.3 Å². The smallest absolute Gasteiger partial charge is 0.251 e. The predicted octanol–water partition coefficient (Wildman–Crippen LogP) is 3.66. The summed E-state index contributed by atoms with van der Waals surface area (Å²) >= 11 is 3.26. The molecule has 1 atom stereocenters. The van der Waals surface area contributed by atoms with Gasteiger partial charge in [0.15, 0.2) is 0 Å². The van der Waals surface area contributed by atoms with Gasteiger partial charge in [0.1, 0.15) is 5.01 Å². The molecule has 0 heterocycles. The van der Waals surface area contributed by atoms with E-state index in [1.54, 1.807) is 24.3 Å². The molecule has 0 aliphatic carbocycles. The standard InChI is InChI=1S/C15H15BrO3S/c1-12-7-9-14(10-8-12)20(17,18)19-15(16)11-13-5-3-2-4-6-13/h2-10,15H,11H2,1H3. The molecule has 0 amide bonds. The van der Waals surface area contributed by atoms with Crippen LogP contribution in [0.1, 0.15) is 11.1 Å². The summed E-state index contributed by atoms with van der Waals surface area (Å²) < 4.78 is 29.3. The van der Waals surface area contributed by atoms with E-state index in [1.807, 2.05) is 37.3 Å². The van der Waals surface area contributed by atoms with Gasteiger partial charge in [-0.25, -0.2) is 0 Å². The van der Waals surface area contributed by atoms with E-state index < -0.39 is 15.1 Å². The van der Waals surface area contributed by atoms with E-state index in [1.165, 1.54) is 0 Å². The third-order valence-corrected chi connectivity index (χ3v) is 4.87. The molecule has 106 valence electrons. The first-order valence-electron chi connectivity index (χ1n) is 6.15. The van der Waals surface area contributed by atoms with Crippen LogP contribution in [0.2, 0.25) is 0 Å². The van der Waals surface area contributed by atoms with Crippen molar-refractivity contribution >= 4 is 26.0 Å². The zero-order valence-corrected chi connectivity index (χ0v) is 13.4. The van der Waals surface area contributed by atoms with Crippen LogP contribution in [-0.2, 0) is 20.7 Å². The molecule has 2 aromatic rings. The second-order valence-electron chi connectivity index (χ2n) is 4.46.